The first kappa shape index (κ1) is 23.6. The van der Waals surface area contributed by atoms with Crippen molar-refractivity contribution in [3.8, 4) is 0 Å². The molecule has 0 aromatic rings. The largest absolute Gasteiger partial charge is 0.478 e. The van der Waals surface area contributed by atoms with Crippen LogP contribution in [-0.4, -0.2) is 44.7 Å². The fourth-order valence-electron chi connectivity index (χ4n) is 2.43. The number of unbranched alkanes of at least 4 members (excludes halogenated alkanes) is 5. The molecule has 5 heteroatoms. The van der Waals surface area contributed by atoms with Crippen LogP contribution in [0.25, 0.3) is 0 Å². The lowest BCUT2D eigenvalue weighted by Crippen LogP contribution is -2.37. The van der Waals surface area contributed by atoms with Crippen LogP contribution in [0.4, 0.5) is 0 Å². The number of aliphatic hydroxyl groups excluding tert-OH is 3. The number of aliphatic carboxylic acids is 1. The Morgan fingerprint density at radius 3 is 2.04 bits per heavy atom. The molecule has 3 atom stereocenters. The van der Waals surface area contributed by atoms with Gasteiger partial charge < -0.3 is 20.4 Å². The SMILES string of the molecule is CCCCCC(O)C(O)C(O)CCCCCC=CC=CC=CC(=O)O. The van der Waals surface area contributed by atoms with Crippen molar-refractivity contribution in [2.24, 2.45) is 0 Å². The molecule has 3 unspecified atom stereocenters. The van der Waals surface area contributed by atoms with E-state index in [1.807, 2.05) is 12.2 Å². The van der Waals surface area contributed by atoms with E-state index in [-0.39, 0.29) is 0 Å². The van der Waals surface area contributed by atoms with E-state index in [1.54, 1.807) is 12.2 Å². The van der Waals surface area contributed by atoms with Gasteiger partial charge in [-0.2, -0.15) is 0 Å². The van der Waals surface area contributed by atoms with Crippen molar-refractivity contribution in [2.75, 3.05) is 0 Å². The molecular formula is C20H34O5. The van der Waals surface area contributed by atoms with Crippen LogP contribution in [-0.2, 0) is 4.79 Å². The molecule has 0 saturated carbocycles. The average Bonchev–Trinajstić information content (AvgIpc) is 2.58. The fraction of sp³-hybridized carbons (Fsp3) is 0.650. The zero-order valence-corrected chi connectivity index (χ0v) is 15.3. The van der Waals surface area contributed by atoms with Gasteiger partial charge in [-0.1, -0.05) is 69.4 Å². The maximum atomic E-state index is 10.2. The second kappa shape index (κ2) is 16.1. The van der Waals surface area contributed by atoms with Crippen molar-refractivity contribution >= 4 is 5.97 Å². The van der Waals surface area contributed by atoms with Crippen molar-refractivity contribution in [1.82, 2.24) is 0 Å². The standard InChI is InChI=1S/C20H34O5/c1-2-3-11-14-17(21)20(25)18(22)15-12-9-7-5-4-6-8-10-13-16-19(23)24/h4,6,8,10,13,16-18,20-22,25H,2-3,5,7,9,11-12,14-15H2,1H3,(H,23,24). The topological polar surface area (TPSA) is 98.0 Å². The minimum atomic E-state index is -1.05. The van der Waals surface area contributed by atoms with Gasteiger partial charge in [0.05, 0.1) is 12.2 Å². The van der Waals surface area contributed by atoms with Crippen molar-refractivity contribution in [3.05, 3.63) is 36.5 Å². The van der Waals surface area contributed by atoms with Gasteiger partial charge in [0, 0.05) is 6.08 Å². The van der Waals surface area contributed by atoms with Gasteiger partial charge in [0.2, 0.25) is 0 Å². The van der Waals surface area contributed by atoms with Crippen molar-refractivity contribution in [3.63, 3.8) is 0 Å². The number of carboxylic acids is 1. The molecule has 0 aromatic heterocycles. The van der Waals surface area contributed by atoms with Gasteiger partial charge in [-0.05, 0) is 25.7 Å². The van der Waals surface area contributed by atoms with Crippen LogP contribution >= 0.6 is 0 Å². The lowest BCUT2D eigenvalue weighted by Gasteiger charge is -2.22. The maximum absolute atomic E-state index is 10.2. The summed E-state index contributed by atoms with van der Waals surface area (Å²) < 4.78 is 0. The molecule has 0 radical (unpaired) electrons. The first-order valence-corrected chi connectivity index (χ1v) is 9.26. The Kier molecular flexibility index (Phi) is 15.1. The number of carboxylic acid groups (broad SMARTS) is 1. The molecular weight excluding hydrogens is 320 g/mol. The molecule has 0 aliphatic rings. The summed E-state index contributed by atoms with van der Waals surface area (Å²) in [7, 11) is 0. The molecule has 0 spiro atoms. The van der Waals surface area contributed by atoms with Gasteiger partial charge >= 0.3 is 5.97 Å². The second-order valence-corrected chi connectivity index (χ2v) is 6.27. The third kappa shape index (κ3) is 14.6. The normalized spacial score (nSPS) is 16.0. The number of carbonyl (C=O) groups is 1. The predicted octanol–water partition coefficient (Wildman–Crippen LogP) is 3.35. The predicted molar refractivity (Wildman–Crippen MR) is 100 cm³/mol. The summed E-state index contributed by atoms with van der Waals surface area (Å²) in [5.41, 5.74) is 0. The Labute approximate surface area is 151 Å². The van der Waals surface area contributed by atoms with Crippen LogP contribution in [0.2, 0.25) is 0 Å². The fourth-order valence-corrected chi connectivity index (χ4v) is 2.43. The molecule has 0 rings (SSSR count). The first-order valence-electron chi connectivity index (χ1n) is 9.26. The van der Waals surface area contributed by atoms with E-state index in [0.717, 1.165) is 51.0 Å². The minimum absolute atomic E-state index is 0.496. The summed E-state index contributed by atoms with van der Waals surface area (Å²) in [6, 6.07) is 0. The third-order valence-corrected chi connectivity index (χ3v) is 3.97. The number of hydrogen-bond donors (Lipinski definition) is 4. The van der Waals surface area contributed by atoms with E-state index in [0.29, 0.717) is 12.8 Å². The third-order valence-electron chi connectivity index (χ3n) is 3.97. The summed E-state index contributed by atoms with van der Waals surface area (Å²) in [4.78, 5) is 10.2. The van der Waals surface area contributed by atoms with E-state index in [4.69, 9.17) is 5.11 Å². The molecule has 144 valence electrons. The molecule has 0 saturated heterocycles. The van der Waals surface area contributed by atoms with Gasteiger partial charge in [-0.25, -0.2) is 4.79 Å². The smallest absolute Gasteiger partial charge is 0.328 e. The lowest BCUT2D eigenvalue weighted by molar-refractivity contribution is -0.131. The highest BCUT2D eigenvalue weighted by Gasteiger charge is 2.23. The Bertz CT molecular complexity index is 414. The first-order chi connectivity index (χ1) is 12.0. The Morgan fingerprint density at radius 1 is 0.840 bits per heavy atom. The Balaban J connectivity index is 3.71. The maximum Gasteiger partial charge on any atom is 0.328 e. The van der Waals surface area contributed by atoms with Gasteiger partial charge in [0.25, 0.3) is 0 Å². The van der Waals surface area contributed by atoms with Crippen molar-refractivity contribution in [1.29, 1.82) is 0 Å². The molecule has 25 heavy (non-hydrogen) atoms. The van der Waals surface area contributed by atoms with Crippen LogP contribution in [0, 0.1) is 0 Å². The highest BCUT2D eigenvalue weighted by Crippen LogP contribution is 2.14. The number of aliphatic hydroxyl groups is 3. The summed E-state index contributed by atoms with van der Waals surface area (Å²) in [6.45, 7) is 2.08. The summed E-state index contributed by atoms with van der Waals surface area (Å²) in [5.74, 6) is -0.964. The lowest BCUT2D eigenvalue weighted by atomic mass is 9.98. The van der Waals surface area contributed by atoms with E-state index < -0.39 is 24.3 Å². The van der Waals surface area contributed by atoms with Crippen LogP contribution in [0.5, 0.6) is 0 Å². The van der Waals surface area contributed by atoms with Crippen LogP contribution in [0.1, 0.15) is 64.7 Å². The number of hydrogen-bond acceptors (Lipinski definition) is 4. The van der Waals surface area contributed by atoms with E-state index >= 15 is 0 Å². The van der Waals surface area contributed by atoms with Gasteiger partial charge in [0.1, 0.15) is 6.10 Å². The second-order valence-electron chi connectivity index (χ2n) is 6.27. The zero-order chi connectivity index (χ0) is 18.9. The number of allylic oxidation sites excluding steroid dienone is 5. The zero-order valence-electron chi connectivity index (χ0n) is 15.3. The molecule has 0 aliphatic heterocycles. The monoisotopic (exact) mass is 354 g/mol. The Morgan fingerprint density at radius 2 is 1.44 bits per heavy atom. The summed E-state index contributed by atoms with van der Waals surface area (Å²) >= 11 is 0. The summed E-state index contributed by atoms with van der Waals surface area (Å²) in [5, 5.41) is 38.1. The molecule has 0 heterocycles. The van der Waals surface area contributed by atoms with Crippen molar-refractivity contribution in [2.45, 2.75) is 83.0 Å². The van der Waals surface area contributed by atoms with Gasteiger partial charge in [-0.15, -0.1) is 0 Å². The van der Waals surface area contributed by atoms with Crippen LogP contribution in [0.15, 0.2) is 36.5 Å². The van der Waals surface area contributed by atoms with E-state index in [1.165, 1.54) is 6.08 Å². The molecule has 0 amide bonds. The van der Waals surface area contributed by atoms with E-state index in [2.05, 4.69) is 6.92 Å². The van der Waals surface area contributed by atoms with Gasteiger partial charge in [0.15, 0.2) is 0 Å². The molecule has 4 N–H and O–H groups in total. The summed E-state index contributed by atoms with van der Waals surface area (Å²) in [6.07, 6.45) is 14.7. The Hall–Kier alpha value is -1.43. The van der Waals surface area contributed by atoms with Gasteiger partial charge in [-0.3, -0.25) is 0 Å². The minimum Gasteiger partial charge on any atom is -0.478 e. The van der Waals surface area contributed by atoms with Crippen LogP contribution in [0.3, 0.4) is 0 Å². The number of rotatable bonds is 15. The molecule has 0 fully saturated rings. The molecule has 0 bridgehead atoms. The molecule has 5 nitrogen and oxygen atoms in total. The average molecular weight is 354 g/mol. The highest BCUT2D eigenvalue weighted by atomic mass is 16.4. The van der Waals surface area contributed by atoms with Crippen molar-refractivity contribution < 1.29 is 25.2 Å². The highest BCUT2D eigenvalue weighted by molar-refractivity contribution is 5.80. The molecule has 0 aliphatic carbocycles. The quantitative estimate of drug-likeness (QED) is 0.205. The molecule has 0 aromatic carbocycles. The van der Waals surface area contributed by atoms with E-state index in [9.17, 15) is 20.1 Å². The van der Waals surface area contributed by atoms with Crippen LogP contribution < -0.4 is 0 Å².